The van der Waals surface area contributed by atoms with Crippen LogP contribution in [-0.4, -0.2) is 47.9 Å². The topological polar surface area (TPSA) is 86.7 Å². The van der Waals surface area contributed by atoms with Gasteiger partial charge in [-0.05, 0) is 19.8 Å². The third-order valence-corrected chi connectivity index (χ3v) is 2.89. The Hall–Kier alpha value is -1.59. The average Bonchev–Trinajstić information content (AvgIpc) is 3.05. The average molecular weight is 228 g/mol. The van der Waals surface area contributed by atoms with E-state index in [1.807, 2.05) is 6.92 Å². The standard InChI is InChI=1S/C10H16N2O4/c1-3-12(2)7(13)6-11-8(14)10(4-5-10)9(15)16/h3-6H2,1-2H3,(H,11,14)(H,15,16). The number of nitrogens with one attached hydrogen (secondary N) is 1. The van der Waals surface area contributed by atoms with Crippen LogP contribution < -0.4 is 5.32 Å². The van der Waals surface area contributed by atoms with Crippen molar-refractivity contribution < 1.29 is 19.5 Å². The quantitative estimate of drug-likeness (QED) is 0.618. The summed E-state index contributed by atoms with van der Waals surface area (Å²) in [4.78, 5) is 35.1. The molecule has 6 nitrogen and oxygen atoms in total. The molecular weight excluding hydrogens is 212 g/mol. The zero-order valence-electron chi connectivity index (χ0n) is 9.45. The fourth-order valence-electron chi connectivity index (χ4n) is 1.30. The number of carboxylic acid groups (broad SMARTS) is 1. The molecule has 0 aromatic carbocycles. The molecule has 1 saturated carbocycles. The van der Waals surface area contributed by atoms with Crippen molar-refractivity contribution in [2.75, 3.05) is 20.1 Å². The predicted molar refractivity (Wildman–Crippen MR) is 55.6 cm³/mol. The minimum absolute atomic E-state index is 0.141. The van der Waals surface area contributed by atoms with Crippen molar-refractivity contribution in [1.82, 2.24) is 10.2 Å². The van der Waals surface area contributed by atoms with Crippen molar-refractivity contribution in [2.24, 2.45) is 5.41 Å². The Balaban J connectivity index is 2.42. The lowest BCUT2D eigenvalue weighted by molar-refractivity contribution is -0.149. The highest BCUT2D eigenvalue weighted by Crippen LogP contribution is 2.45. The Morgan fingerprint density at radius 3 is 2.31 bits per heavy atom. The molecule has 0 bridgehead atoms. The van der Waals surface area contributed by atoms with Gasteiger partial charge in [-0.25, -0.2) is 0 Å². The van der Waals surface area contributed by atoms with E-state index < -0.39 is 17.3 Å². The third-order valence-electron chi connectivity index (χ3n) is 2.89. The van der Waals surface area contributed by atoms with Crippen LogP contribution in [0.1, 0.15) is 19.8 Å². The first-order valence-corrected chi connectivity index (χ1v) is 5.19. The normalized spacial score (nSPS) is 16.4. The Labute approximate surface area is 93.6 Å². The molecule has 0 atom stereocenters. The molecule has 0 saturated heterocycles. The van der Waals surface area contributed by atoms with E-state index in [4.69, 9.17) is 5.11 Å². The molecule has 1 fully saturated rings. The van der Waals surface area contributed by atoms with Crippen LogP contribution in [0.25, 0.3) is 0 Å². The molecule has 0 unspecified atom stereocenters. The second-order valence-electron chi connectivity index (χ2n) is 3.98. The van der Waals surface area contributed by atoms with Gasteiger partial charge in [-0.3, -0.25) is 14.4 Å². The fraction of sp³-hybridized carbons (Fsp3) is 0.700. The van der Waals surface area contributed by atoms with E-state index in [2.05, 4.69) is 5.32 Å². The van der Waals surface area contributed by atoms with Crippen LogP contribution in [0.3, 0.4) is 0 Å². The van der Waals surface area contributed by atoms with Crippen LogP contribution in [0.4, 0.5) is 0 Å². The second kappa shape index (κ2) is 4.51. The molecule has 1 rings (SSSR count). The molecule has 90 valence electrons. The smallest absolute Gasteiger partial charge is 0.319 e. The maximum atomic E-state index is 11.5. The van der Waals surface area contributed by atoms with Gasteiger partial charge < -0.3 is 15.3 Å². The van der Waals surface area contributed by atoms with E-state index in [0.29, 0.717) is 19.4 Å². The van der Waals surface area contributed by atoms with Crippen molar-refractivity contribution in [2.45, 2.75) is 19.8 Å². The zero-order valence-corrected chi connectivity index (χ0v) is 9.45. The number of hydrogen-bond donors (Lipinski definition) is 2. The van der Waals surface area contributed by atoms with Crippen LogP contribution in [0.5, 0.6) is 0 Å². The molecule has 6 heteroatoms. The lowest BCUT2D eigenvalue weighted by Crippen LogP contribution is -2.43. The fourth-order valence-corrected chi connectivity index (χ4v) is 1.30. The second-order valence-corrected chi connectivity index (χ2v) is 3.98. The number of carbonyl (C=O) groups excluding carboxylic acids is 2. The van der Waals surface area contributed by atoms with Crippen LogP contribution in [0.15, 0.2) is 0 Å². The largest absolute Gasteiger partial charge is 0.480 e. The van der Waals surface area contributed by atoms with Gasteiger partial charge in [0.15, 0.2) is 0 Å². The first kappa shape index (κ1) is 12.5. The summed E-state index contributed by atoms with van der Waals surface area (Å²) >= 11 is 0. The summed E-state index contributed by atoms with van der Waals surface area (Å²) in [5.41, 5.74) is -1.27. The van der Waals surface area contributed by atoms with Gasteiger partial charge in [-0.1, -0.05) is 0 Å². The maximum Gasteiger partial charge on any atom is 0.319 e. The monoisotopic (exact) mass is 228 g/mol. The summed E-state index contributed by atoms with van der Waals surface area (Å²) in [5.74, 6) is -1.89. The van der Waals surface area contributed by atoms with Gasteiger partial charge in [0.25, 0.3) is 0 Å². The summed E-state index contributed by atoms with van der Waals surface area (Å²) in [6, 6.07) is 0. The maximum absolute atomic E-state index is 11.5. The summed E-state index contributed by atoms with van der Waals surface area (Å²) in [7, 11) is 1.62. The molecule has 0 spiro atoms. The van der Waals surface area contributed by atoms with Crippen LogP contribution >= 0.6 is 0 Å². The van der Waals surface area contributed by atoms with Crippen LogP contribution in [-0.2, 0) is 14.4 Å². The van der Waals surface area contributed by atoms with Crippen molar-refractivity contribution in [3.05, 3.63) is 0 Å². The molecule has 2 amide bonds. The number of likely N-dealkylation sites (N-methyl/N-ethyl adjacent to an activating group) is 1. The van der Waals surface area contributed by atoms with Gasteiger partial charge in [0.05, 0.1) is 6.54 Å². The minimum Gasteiger partial charge on any atom is -0.480 e. The Morgan fingerprint density at radius 2 is 1.94 bits per heavy atom. The van der Waals surface area contributed by atoms with Gasteiger partial charge >= 0.3 is 5.97 Å². The van der Waals surface area contributed by atoms with E-state index in [-0.39, 0.29) is 12.5 Å². The summed E-state index contributed by atoms with van der Waals surface area (Å²) in [5, 5.41) is 11.2. The lowest BCUT2D eigenvalue weighted by atomic mass is 10.1. The SMILES string of the molecule is CCN(C)C(=O)CNC(=O)C1(C(=O)O)CC1. The highest BCUT2D eigenvalue weighted by Gasteiger charge is 2.57. The highest BCUT2D eigenvalue weighted by atomic mass is 16.4. The first-order chi connectivity index (χ1) is 7.44. The lowest BCUT2D eigenvalue weighted by Gasteiger charge is -2.16. The highest BCUT2D eigenvalue weighted by molar-refractivity contribution is 6.05. The van der Waals surface area contributed by atoms with Gasteiger partial charge in [0.1, 0.15) is 5.41 Å². The first-order valence-electron chi connectivity index (χ1n) is 5.19. The van der Waals surface area contributed by atoms with E-state index in [0.717, 1.165) is 0 Å². The van der Waals surface area contributed by atoms with Crippen LogP contribution in [0, 0.1) is 5.41 Å². The third kappa shape index (κ3) is 2.32. The number of amides is 2. The molecule has 0 aromatic rings. The summed E-state index contributed by atoms with van der Waals surface area (Å²) in [6.45, 7) is 2.23. The minimum atomic E-state index is -1.27. The molecule has 1 aliphatic rings. The molecule has 0 radical (unpaired) electrons. The number of aliphatic carboxylic acids is 1. The summed E-state index contributed by atoms with van der Waals surface area (Å²) < 4.78 is 0. The number of carboxylic acids is 1. The van der Waals surface area contributed by atoms with Crippen molar-refractivity contribution in [3.8, 4) is 0 Å². The van der Waals surface area contributed by atoms with Gasteiger partial charge in [0.2, 0.25) is 11.8 Å². The molecule has 16 heavy (non-hydrogen) atoms. The van der Waals surface area contributed by atoms with Crippen molar-refractivity contribution in [3.63, 3.8) is 0 Å². The Bertz CT molecular complexity index is 323. The van der Waals surface area contributed by atoms with E-state index in [9.17, 15) is 14.4 Å². The molecule has 0 aliphatic heterocycles. The molecule has 0 heterocycles. The Kier molecular flexibility index (Phi) is 3.51. The van der Waals surface area contributed by atoms with Crippen molar-refractivity contribution in [1.29, 1.82) is 0 Å². The van der Waals surface area contributed by atoms with E-state index >= 15 is 0 Å². The van der Waals surface area contributed by atoms with Gasteiger partial charge in [-0.2, -0.15) is 0 Å². The van der Waals surface area contributed by atoms with Gasteiger partial charge in [0, 0.05) is 13.6 Å². The Morgan fingerprint density at radius 1 is 1.38 bits per heavy atom. The number of hydrogen-bond acceptors (Lipinski definition) is 3. The molecule has 2 N–H and O–H groups in total. The van der Waals surface area contributed by atoms with E-state index in [1.54, 1.807) is 7.05 Å². The number of carbonyl (C=O) groups is 3. The summed E-state index contributed by atoms with van der Waals surface area (Å²) in [6.07, 6.45) is 0.706. The van der Waals surface area contributed by atoms with Crippen LogP contribution in [0.2, 0.25) is 0 Å². The molecular formula is C10H16N2O4. The molecule has 0 aromatic heterocycles. The van der Waals surface area contributed by atoms with E-state index in [1.165, 1.54) is 4.90 Å². The number of rotatable bonds is 5. The molecule has 1 aliphatic carbocycles. The number of nitrogens with zero attached hydrogens (tertiary/aromatic N) is 1. The predicted octanol–water partition coefficient (Wildman–Crippen LogP) is -0.554. The van der Waals surface area contributed by atoms with Crippen molar-refractivity contribution >= 4 is 17.8 Å². The zero-order chi connectivity index (χ0) is 12.3. The van der Waals surface area contributed by atoms with Gasteiger partial charge in [-0.15, -0.1) is 0 Å².